The monoisotopic (exact) mass is 489 g/mol. The Bertz CT molecular complexity index is 1330. The summed E-state index contributed by atoms with van der Waals surface area (Å²) in [6.07, 6.45) is -0.206. The van der Waals surface area contributed by atoms with E-state index >= 15 is 0 Å². The highest BCUT2D eigenvalue weighted by atomic mass is 32.2. The molecule has 178 valence electrons. The number of hydrogen-bond donors (Lipinski definition) is 2. The molecule has 0 spiro atoms. The second-order valence-electron chi connectivity index (χ2n) is 7.29. The van der Waals surface area contributed by atoms with Gasteiger partial charge in [-0.05, 0) is 37.0 Å². The number of amides is 1. The number of methoxy groups -OCH3 is 1. The van der Waals surface area contributed by atoms with E-state index in [-0.39, 0.29) is 5.92 Å². The Hall–Kier alpha value is -3.15. The van der Waals surface area contributed by atoms with Crippen molar-refractivity contribution in [3.63, 3.8) is 0 Å². The molecule has 0 unspecified atom stereocenters. The summed E-state index contributed by atoms with van der Waals surface area (Å²) in [6.45, 7) is -2.81. The number of hydrogen-bond acceptors (Lipinski definition) is 7. The molecular formula is C21H23F3N4O4S. The van der Waals surface area contributed by atoms with Crippen LogP contribution in [0.2, 0.25) is 0 Å². The van der Waals surface area contributed by atoms with Crippen LogP contribution < -0.4 is 15.4 Å². The zero-order valence-corrected chi connectivity index (χ0v) is 18.0. The topological polar surface area (TPSA) is 110 Å². The quantitative estimate of drug-likeness (QED) is 0.557. The highest BCUT2D eigenvalue weighted by molar-refractivity contribution is 7.93. The van der Waals surface area contributed by atoms with Crippen LogP contribution in [0.1, 0.15) is 41.3 Å². The minimum atomic E-state index is -4.93. The lowest BCUT2D eigenvalue weighted by Gasteiger charge is -2.18. The van der Waals surface area contributed by atoms with Gasteiger partial charge in [0.2, 0.25) is 5.88 Å². The summed E-state index contributed by atoms with van der Waals surface area (Å²) in [7, 11) is -6.52. The third kappa shape index (κ3) is 6.91. The van der Waals surface area contributed by atoms with E-state index in [2.05, 4.69) is 20.6 Å². The van der Waals surface area contributed by atoms with Crippen LogP contribution >= 0.6 is 0 Å². The van der Waals surface area contributed by atoms with E-state index < -0.39 is 70.0 Å². The SMILES string of the molecule is [2H]C([2H])([2H])Oc1ncccc1C([2H])([2H])Nc1nc(C(F)(F)F)ccc1C(=O)N[C@H](/C=C/S(C)(=O)=O)C1CC1. The van der Waals surface area contributed by atoms with Crippen molar-refractivity contribution in [3.05, 3.63) is 58.8 Å². The first kappa shape index (κ1) is 18.3. The van der Waals surface area contributed by atoms with Crippen LogP contribution in [0.15, 0.2) is 41.9 Å². The molecule has 1 aliphatic carbocycles. The maximum Gasteiger partial charge on any atom is 0.433 e. The van der Waals surface area contributed by atoms with E-state index in [1.165, 1.54) is 12.1 Å². The minimum Gasteiger partial charge on any atom is -0.481 e. The molecule has 3 rings (SSSR count). The van der Waals surface area contributed by atoms with Crippen molar-refractivity contribution in [2.75, 3.05) is 18.6 Å². The smallest absolute Gasteiger partial charge is 0.433 e. The summed E-state index contributed by atoms with van der Waals surface area (Å²) < 4.78 is 106. The van der Waals surface area contributed by atoms with E-state index in [0.717, 1.165) is 30.0 Å². The number of nitrogens with zero attached hydrogens (tertiary/aromatic N) is 2. The van der Waals surface area contributed by atoms with Crippen molar-refractivity contribution < 1.29 is 38.0 Å². The number of alkyl halides is 3. The molecule has 2 heterocycles. The molecule has 2 N–H and O–H groups in total. The molecule has 8 nitrogen and oxygen atoms in total. The Balaban J connectivity index is 2.00. The first-order valence-corrected chi connectivity index (χ1v) is 11.5. The predicted octanol–water partition coefficient (Wildman–Crippen LogP) is 3.18. The van der Waals surface area contributed by atoms with Crippen molar-refractivity contribution in [2.45, 2.75) is 31.6 Å². The van der Waals surface area contributed by atoms with E-state index in [1.54, 1.807) is 0 Å². The molecule has 0 saturated heterocycles. The van der Waals surface area contributed by atoms with Crippen molar-refractivity contribution in [1.29, 1.82) is 0 Å². The van der Waals surface area contributed by atoms with Gasteiger partial charge in [0.05, 0.1) is 25.5 Å². The number of carbonyl (C=O) groups excluding carboxylic acids is 1. The lowest BCUT2D eigenvalue weighted by atomic mass is 10.1. The van der Waals surface area contributed by atoms with Gasteiger partial charge >= 0.3 is 6.18 Å². The average molecular weight is 490 g/mol. The van der Waals surface area contributed by atoms with Crippen LogP contribution in [-0.4, -0.2) is 43.6 Å². The van der Waals surface area contributed by atoms with E-state index in [1.807, 2.05) is 0 Å². The molecule has 12 heteroatoms. The Labute approximate surface area is 196 Å². The van der Waals surface area contributed by atoms with Crippen molar-refractivity contribution >= 4 is 21.6 Å². The van der Waals surface area contributed by atoms with Crippen LogP contribution in [0, 0.1) is 5.92 Å². The molecule has 33 heavy (non-hydrogen) atoms. The number of nitrogens with one attached hydrogen (secondary N) is 2. The Morgan fingerprint density at radius 2 is 2.15 bits per heavy atom. The number of pyridine rings is 2. The van der Waals surface area contributed by atoms with Gasteiger partial charge in [0.1, 0.15) is 11.5 Å². The van der Waals surface area contributed by atoms with Crippen LogP contribution in [-0.2, 0) is 22.5 Å². The fourth-order valence-electron chi connectivity index (χ4n) is 2.82. The lowest BCUT2D eigenvalue weighted by molar-refractivity contribution is -0.141. The predicted molar refractivity (Wildman–Crippen MR) is 115 cm³/mol. The third-order valence-electron chi connectivity index (χ3n) is 4.57. The van der Waals surface area contributed by atoms with E-state index in [9.17, 15) is 26.4 Å². The first-order valence-electron chi connectivity index (χ1n) is 12.1. The summed E-state index contributed by atoms with van der Waals surface area (Å²) in [5.74, 6) is -2.47. The van der Waals surface area contributed by atoms with Gasteiger partial charge in [-0.2, -0.15) is 13.2 Å². The van der Waals surface area contributed by atoms with E-state index in [4.69, 9.17) is 11.6 Å². The molecule has 1 aliphatic rings. The van der Waals surface area contributed by atoms with Crippen LogP contribution in [0.3, 0.4) is 0 Å². The molecule has 0 radical (unpaired) electrons. The molecule has 1 amide bonds. The van der Waals surface area contributed by atoms with Gasteiger partial charge in [-0.3, -0.25) is 4.79 Å². The van der Waals surface area contributed by atoms with Gasteiger partial charge in [-0.25, -0.2) is 18.4 Å². The number of aromatic nitrogens is 2. The fraction of sp³-hybridized carbons (Fsp3) is 0.381. The van der Waals surface area contributed by atoms with Crippen LogP contribution in [0.4, 0.5) is 19.0 Å². The largest absolute Gasteiger partial charge is 0.481 e. The minimum absolute atomic E-state index is 0.0859. The molecule has 1 fully saturated rings. The molecular weight excluding hydrogens is 461 g/mol. The standard InChI is InChI=1S/C21H23F3N4O4S/c1-32-20-14(4-3-10-25-20)12-26-18-15(7-8-17(28-18)21(22,23)24)19(29)27-16(13-5-6-13)9-11-33(2,30)31/h3-4,7-11,13,16H,5-6,12H2,1-2H3,(H,26,28)(H,27,29)/b11-9+/t16-/m1/s1/i1D3,12D2. The fourth-order valence-corrected chi connectivity index (χ4v) is 3.28. The summed E-state index contributed by atoms with van der Waals surface area (Å²) in [6, 6.07) is 2.95. The normalized spacial score (nSPS) is 18.4. The van der Waals surface area contributed by atoms with Gasteiger partial charge < -0.3 is 15.4 Å². The lowest BCUT2D eigenvalue weighted by Crippen LogP contribution is -2.35. The number of anilines is 1. The van der Waals surface area contributed by atoms with Crippen molar-refractivity contribution in [2.24, 2.45) is 5.92 Å². The summed E-state index contributed by atoms with van der Waals surface area (Å²) >= 11 is 0. The number of carbonyl (C=O) groups is 1. The molecule has 0 bridgehead atoms. The van der Waals surface area contributed by atoms with Crippen molar-refractivity contribution in [1.82, 2.24) is 15.3 Å². The zero-order chi connectivity index (χ0) is 28.5. The first-order chi connectivity index (χ1) is 17.4. The van der Waals surface area contributed by atoms with Crippen LogP contribution in [0.5, 0.6) is 5.88 Å². The van der Waals surface area contributed by atoms with Gasteiger partial charge in [0, 0.05) is 29.9 Å². The molecule has 2 aromatic heterocycles. The molecule has 1 saturated carbocycles. The second-order valence-corrected chi connectivity index (χ2v) is 9.22. The molecule has 0 aliphatic heterocycles. The van der Waals surface area contributed by atoms with Gasteiger partial charge in [-0.1, -0.05) is 12.1 Å². The average Bonchev–Trinajstić information content (AvgIpc) is 3.59. The number of rotatable bonds is 9. The Morgan fingerprint density at radius 1 is 1.39 bits per heavy atom. The number of halogens is 3. The highest BCUT2D eigenvalue weighted by Crippen LogP contribution is 2.34. The number of sulfone groups is 1. The van der Waals surface area contributed by atoms with Crippen molar-refractivity contribution in [3.8, 4) is 5.88 Å². The zero-order valence-electron chi connectivity index (χ0n) is 22.2. The molecule has 1 atom stereocenters. The van der Waals surface area contributed by atoms with Gasteiger partial charge in [0.25, 0.3) is 5.91 Å². The Morgan fingerprint density at radius 3 is 2.79 bits per heavy atom. The third-order valence-corrected chi connectivity index (χ3v) is 5.23. The van der Waals surface area contributed by atoms with Gasteiger partial charge in [0.15, 0.2) is 9.84 Å². The van der Waals surface area contributed by atoms with Gasteiger partial charge in [-0.15, -0.1) is 0 Å². The Kier molecular flexibility index (Phi) is 5.42. The number of ether oxygens (including phenoxy) is 1. The molecule has 0 aromatic carbocycles. The molecule has 2 aromatic rings. The maximum absolute atomic E-state index is 13.4. The summed E-state index contributed by atoms with van der Waals surface area (Å²) in [4.78, 5) is 20.2. The van der Waals surface area contributed by atoms with Crippen LogP contribution in [0.25, 0.3) is 0 Å². The second kappa shape index (κ2) is 9.77. The van der Waals surface area contributed by atoms with E-state index in [0.29, 0.717) is 18.9 Å². The maximum atomic E-state index is 13.4. The summed E-state index contributed by atoms with van der Waals surface area (Å²) in [5.41, 5.74) is -2.37. The highest BCUT2D eigenvalue weighted by Gasteiger charge is 2.35. The summed E-state index contributed by atoms with van der Waals surface area (Å²) in [5, 5.41) is 5.60.